The van der Waals surface area contributed by atoms with Crippen molar-refractivity contribution in [1.82, 2.24) is 9.78 Å². The van der Waals surface area contributed by atoms with Crippen molar-refractivity contribution in [1.29, 1.82) is 0 Å². The summed E-state index contributed by atoms with van der Waals surface area (Å²) in [6, 6.07) is 4.43. The number of rotatable bonds is 2. The largest absolute Gasteiger partial charge is 0.497 e. The molecular formula is C11H13FN4O. The number of methoxy groups -OCH3 is 1. The first-order chi connectivity index (χ1) is 8.04. The van der Waals surface area contributed by atoms with Crippen LogP contribution in [0.1, 0.15) is 5.69 Å². The minimum Gasteiger partial charge on any atom is -0.497 e. The van der Waals surface area contributed by atoms with Gasteiger partial charge in [0.1, 0.15) is 11.4 Å². The number of hydrogen-bond acceptors (Lipinski definition) is 4. The maximum Gasteiger partial charge on any atom is 0.152 e. The van der Waals surface area contributed by atoms with Crippen LogP contribution in [-0.2, 0) is 0 Å². The molecule has 0 unspecified atom stereocenters. The molecule has 2 aromatic rings. The molecule has 1 aromatic heterocycles. The maximum atomic E-state index is 13.8. The van der Waals surface area contributed by atoms with Gasteiger partial charge in [0.15, 0.2) is 11.6 Å². The van der Waals surface area contributed by atoms with Crippen molar-refractivity contribution < 1.29 is 9.13 Å². The number of aryl methyl sites for hydroxylation is 1. The Morgan fingerprint density at radius 3 is 2.53 bits per heavy atom. The van der Waals surface area contributed by atoms with E-state index in [9.17, 15) is 4.39 Å². The highest BCUT2D eigenvalue weighted by molar-refractivity contribution is 5.64. The van der Waals surface area contributed by atoms with Crippen LogP contribution in [0.25, 0.3) is 5.69 Å². The molecular weight excluding hydrogens is 223 g/mol. The highest BCUT2D eigenvalue weighted by Crippen LogP contribution is 2.26. The number of halogens is 1. The molecule has 0 aliphatic heterocycles. The molecule has 1 heterocycles. The molecule has 2 rings (SSSR count). The minimum atomic E-state index is -0.474. The van der Waals surface area contributed by atoms with Gasteiger partial charge in [-0.2, -0.15) is 5.10 Å². The SMILES string of the molecule is COc1ccc(-n2nc(C)c(N)c2N)c(F)c1. The third kappa shape index (κ3) is 1.77. The number of nitrogens with zero attached hydrogens (tertiary/aromatic N) is 2. The predicted octanol–water partition coefficient (Wildman–Crippen LogP) is 1.49. The lowest BCUT2D eigenvalue weighted by Gasteiger charge is -2.07. The Kier molecular flexibility index (Phi) is 2.63. The summed E-state index contributed by atoms with van der Waals surface area (Å²) < 4.78 is 20.0. The van der Waals surface area contributed by atoms with Gasteiger partial charge in [-0.1, -0.05) is 0 Å². The van der Waals surface area contributed by atoms with Gasteiger partial charge >= 0.3 is 0 Å². The molecule has 0 saturated heterocycles. The van der Waals surface area contributed by atoms with Gasteiger partial charge in [-0.25, -0.2) is 9.07 Å². The Morgan fingerprint density at radius 1 is 1.35 bits per heavy atom. The molecule has 0 atom stereocenters. The topological polar surface area (TPSA) is 79.1 Å². The molecule has 0 amide bonds. The Balaban J connectivity index is 2.57. The molecule has 0 saturated carbocycles. The number of hydrogen-bond donors (Lipinski definition) is 2. The summed E-state index contributed by atoms with van der Waals surface area (Å²) in [5, 5.41) is 4.08. The van der Waals surface area contributed by atoms with Crippen LogP contribution in [0.5, 0.6) is 5.75 Å². The number of nitrogens with two attached hydrogens (primary N) is 2. The molecule has 90 valence electrons. The van der Waals surface area contributed by atoms with E-state index in [0.29, 0.717) is 17.1 Å². The molecule has 1 aromatic carbocycles. The summed E-state index contributed by atoms with van der Waals surface area (Å²) in [6.07, 6.45) is 0. The Bertz CT molecular complexity index is 565. The number of aromatic nitrogens is 2. The first kappa shape index (κ1) is 11.3. The zero-order valence-electron chi connectivity index (χ0n) is 9.57. The van der Waals surface area contributed by atoms with Gasteiger partial charge in [0.2, 0.25) is 0 Å². The smallest absolute Gasteiger partial charge is 0.152 e. The Labute approximate surface area is 97.8 Å². The minimum absolute atomic E-state index is 0.228. The van der Waals surface area contributed by atoms with Gasteiger partial charge < -0.3 is 16.2 Å². The highest BCUT2D eigenvalue weighted by atomic mass is 19.1. The van der Waals surface area contributed by atoms with Crippen molar-refractivity contribution in [3.05, 3.63) is 29.7 Å². The predicted molar refractivity (Wildman–Crippen MR) is 63.6 cm³/mol. The molecule has 6 heteroatoms. The lowest BCUT2D eigenvalue weighted by molar-refractivity contribution is 0.411. The lowest BCUT2D eigenvalue weighted by Crippen LogP contribution is -2.05. The first-order valence-electron chi connectivity index (χ1n) is 4.99. The second kappa shape index (κ2) is 3.97. The van der Waals surface area contributed by atoms with Gasteiger partial charge in [-0.15, -0.1) is 0 Å². The zero-order chi connectivity index (χ0) is 12.6. The second-order valence-corrected chi connectivity index (χ2v) is 3.61. The van der Waals surface area contributed by atoms with Crippen molar-refractivity contribution in [3.8, 4) is 11.4 Å². The van der Waals surface area contributed by atoms with E-state index in [1.165, 1.54) is 23.9 Å². The summed E-state index contributed by atoms with van der Waals surface area (Å²) in [5.41, 5.74) is 12.6. The fraction of sp³-hybridized carbons (Fsp3) is 0.182. The second-order valence-electron chi connectivity index (χ2n) is 3.61. The molecule has 4 N–H and O–H groups in total. The monoisotopic (exact) mass is 236 g/mol. The van der Waals surface area contributed by atoms with Crippen molar-refractivity contribution in [3.63, 3.8) is 0 Å². The number of ether oxygens (including phenoxy) is 1. The summed E-state index contributed by atoms with van der Waals surface area (Å²) in [6.45, 7) is 1.71. The van der Waals surface area contributed by atoms with Crippen LogP contribution in [0.4, 0.5) is 15.9 Å². The molecule has 0 spiro atoms. The van der Waals surface area contributed by atoms with E-state index in [2.05, 4.69) is 5.10 Å². The van der Waals surface area contributed by atoms with Crippen LogP contribution in [0.15, 0.2) is 18.2 Å². The normalized spacial score (nSPS) is 10.5. The highest BCUT2D eigenvalue weighted by Gasteiger charge is 2.14. The number of benzene rings is 1. The number of anilines is 2. The van der Waals surface area contributed by atoms with E-state index >= 15 is 0 Å². The van der Waals surface area contributed by atoms with E-state index in [4.69, 9.17) is 16.2 Å². The van der Waals surface area contributed by atoms with E-state index < -0.39 is 5.82 Å². The van der Waals surface area contributed by atoms with E-state index in [1.807, 2.05) is 0 Å². The molecule has 17 heavy (non-hydrogen) atoms. The van der Waals surface area contributed by atoms with Crippen LogP contribution < -0.4 is 16.2 Å². The van der Waals surface area contributed by atoms with Crippen LogP contribution in [0, 0.1) is 12.7 Å². The van der Waals surface area contributed by atoms with Gasteiger partial charge in [0, 0.05) is 6.07 Å². The summed E-state index contributed by atoms with van der Waals surface area (Å²) in [4.78, 5) is 0. The standard InChI is InChI=1S/C11H13FN4O/c1-6-10(13)11(14)16(15-6)9-4-3-7(17-2)5-8(9)12/h3-5H,13-14H2,1-2H3. The Hall–Kier alpha value is -2.24. The third-order valence-electron chi connectivity index (χ3n) is 2.53. The third-order valence-corrected chi connectivity index (χ3v) is 2.53. The fourth-order valence-electron chi connectivity index (χ4n) is 1.53. The average molecular weight is 236 g/mol. The maximum absolute atomic E-state index is 13.8. The molecule has 0 bridgehead atoms. The van der Waals surface area contributed by atoms with Crippen molar-refractivity contribution in [2.24, 2.45) is 0 Å². The molecule has 0 aliphatic rings. The van der Waals surface area contributed by atoms with E-state index in [-0.39, 0.29) is 11.5 Å². The van der Waals surface area contributed by atoms with Crippen molar-refractivity contribution in [2.45, 2.75) is 6.92 Å². The quantitative estimate of drug-likeness (QED) is 0.828. The number of nitrogen functional groups attached to an aromatic ring is 2. The molecule has 0 radical (unpaired) electrons. The van der Waals surface area contributed by atoms with Crippen molar-refractivity contribution in [2.75, 3.05) is 18.6 Å². The van der Waals surface area contributed by atoms with Crippen molar-refractivity contribution >= 4 is 11.5 Å². The molecule has 5 nitrogen and oxygen atoms in total. The van der Waals surface area contributed by atoms with Gasteiger partial charge in [0.05, 0.1) is 18.5 Å². The van der Waals surface area contributed by atoms with E-state index in [0.717, 1.165) is 0 Å². The Morgan fingerprint density at radius 2 is 2.06 bits per heavy atom. The summed E-state index contributed by atoms with van der Waals surface area (Å²) in [5.74, 6) is 0.187. The van der Waals surface area contributed by atoms with Crippen LogP contribution in [0.3, 0.4) is 0 Å². The first-order valence-corrected chi connectivity index (χ1v) is 4.99. The molecule has 0 fully saturated rings. The van der Waals surface area contributed by atoms with Crippen LogP contribution in [-0.4, -0.2) is 16.9 Å². The van der Waals surface area contributed by atoms with Gasteiger partial charge in [-0.3, -0.25) is 0 Å². The summed E-state index contributed by atoms with van der Waals surface area (Å²) >= 11 is 0. The van der Waals surface area contributed by atoms with Crippen LogP contribution >= 0.6 is 0 Å². The van der Waals surface area contributed by atoms with Crippen LogP contribution in [0.2, 0.25) is 0 Å². The van der Waals surface area contributed by atoms with Gasteiger partial charge in [-0.05, 0) is 19.1 Å². The zero-order valence-corrected chi connectivity index (χ0v) is 9.57. The fourth-order valence-corrected chi connectivity index (χ4v) is 1.53. The summed E-state index contributed by atoms with van der Waals surface area (Å²) in [7, 11) is 1.47. The van der Waals surface area contributed by atoms with E-state index in [1.54, 1.807) is 13.0 Å². The lowest BCUT2D eigenvalue weighted by atomic mass is 10.3. The van der Waals surface area contributed by atoms with Gasteiger partial charge in [0.25, 0.3) is 0 Å². The average Bonchev–Trinajstić information content (AvgIpc) is 2.57. The molecule has 0 aliphatic carbocycles.